The van der Waals surface area contributed by atoms with Crippen LogP contribution in [0.2, 0.25) is 0 Å². The Bertz CT molecular complexity index is 699. The van der Waals surface area contributed by atoms with Crippen LogP contribution in [0.3, 0.4) is 0 Å². The van der Waals surface area contributed by atoms with Crippen molar-refractivity contribution in [3.05, 3.63) is 53.6 Å². The van der Waals surface area contributed by atoms with Crippen LogP contribution < -0.4 is 15.5 Å². The molecule has 6 heteroatoms. The van der Waals surface area contributed by atoms with Gasteiger partial charge in [-0.15, -0.1) is 0 Å². The normalized spacial score (nSPS) is 10.5. The highest BCUT2D eigenvalue weighted by Gasteiger charge is 2.08. The zero-order valence-corrected chi connectivity index (χ0v) is 12.3. The van der Waals surface area contributed by atoms with E-state index >= 15 is 0 Å². The van der Waals surface area contributed by atoms with Crippen LogP contribution >= 0.6 is 0 Å². The number of phenols is 1. The standard InChI is InChI=1S/C16H17N3O3/c1-17-13-6-4-3-5-12(13)16(21)19-18-10-11-7-8-14(20)15(9-11)22-2/h3-10,17,20H,1-2H3,(H,19,21)/b18-10-. The van der Waals surface area contributed by atoms with Gasteiger partial charge >= 0.3 is 0 Å². The maximum absolute atomic E-state index is 12.1. The third-order valence-corrected chi connectivity index (χ3v) is 3.02. The molecule has 0 aliphatic rings. The van der Waals surface area contributed by atoms with Gasteiger partial charge in [0.25, 0.3) is 5.91 Å². The summed E-state index contributed by atoms with van der Waals surface area (Å²) in [5.74, 6) is 0.0781. The minimum absolute atomic E-state index is 0.0478. The van der Waals surface area contributed by atoms with E-state index < -0.39 is 0 Å². The molecule has 114 valence electrons. The van der Waals surface area contributed by atoms with Gasteiger partial charge in [-0.3, -0.25) is 4.79 Å². The maximum atomic E-state index is 12.1. The van der Waals surface area contributed by atoms with Gasteiger partial charge in [0.1, 0.15) is 0 Å². The Morgan fingerprint density at radius 2 is 2.05 bits per heavy atom. The molecule has 0 radical (unpaired) electrons. The molecule has 22 heavy (non-hydrogen) atoms. The highest BCUT2D eigenvalue weighted by molar-refractivity contribution is 5.99. The van der Waals surface area contributed by atoms with Gasteiger partial charge in [0.15, 0.2) is 11.5 Å². The van der Waals surface area contributed by atoms with Crippen molar-refractivity contribution in [2.24, 2.45) is 5.10 Å². The fourth-order valence-corrected chi connectivity index (χ4v) is 1.90. The zero-order chi connectivity index (χ0) is 15.9. The minimum atomic E-state index is -0.313. The van der Waals surface area contributed by atoms with E-state index in [1.54, 1.807) is 31.3 Å². The topological polar surface area (TPSA) is 83.0 Å². The number of nitrogens with one attached hydrogen (secondary N) is 2. The smallest absolute Gasteiger partial charge is 0.273 e. The molecule has 2 aromatic carbocycles. The zero-order valence-electron chi connectivity index (χ0n) is 12.3. The number of anilines is 1. The lowest BCUT2D eigenvalue weighted by Gasteiger charge is -2.07. The molecule has 0 unspecified atom stereocenters. The van der Waals surface area contributed by atoms with Crippen LogP contribution in [0.4, 0.5) is 5.69 Å². The third-order valence-electron chi connectivity index (χ3n) is 3.02. The Kier molecular flexibility index (Phi) is 4.98. The average molecular weight is 299 g/mol. The van der Waals surface area contributed by atoms with E-state index in [4.69, 9.17) is 4.74 Å². The second-order valence-electron chi connectivity index (χ2n) is 4.43. The molecule has 2 aromatic rings. The van der Waals surface area contributed by atoms with Crippen molar-refractivity contribution < 1.29 is 14.6 Å². The molecule has 0 bridgehead atoms. The van der Waals surface area contributed by atoms with E-state index in [1.807, 2.05) is 12.1 Å². The van der Waals surface area contributed by atoms with Gasteiger partial charge in [-0.05, 0) is 35.9 Å². The molecule has 3 N–H and O–H groups in total. The molecule has 0 aromatic heterocycles. The van der Waals surface area contributed by atoms with Crippen LogP contribution in [0.25, 0.3) is 0 Å². The molecule has 0 saturated heterocycles. The number of hydrazone groups is 1. The van der Waals surface area contributed by atoms with Crippen molar-refractivity contribution in [2.45, 2.75) is 0 Å². The molecular formula is C16H17N3O3. The van der Waals surface area contributed by atoms with E-state index in [-0.39, 0.29) is 11.7 Å². The number of benzene rings is 2. The number of aromatic hydroxyl groups is 1. The predicted molar refractivity (Wildman–Crippen MR) is 85.7 cm³/mol. The van der Waals surface area contributed by atoms with E-state index in [0.717, 1.165) is 5.69 Å². The molecule has 2 rings (SSSR count). The van der Waals surface area contributed by atoms with Crippen molar-refractivity contribution >= 4 is 17.8 Å². The first-order valence-electron chi connectivity index (χ1n) is 6.63. The number of ether oxygens (including phenoxy) is 1. The number of carbonyl (C=O) groups is 1. The lowest BCUT2D eigenvalue weighted by Crippen LogP contribution is -2.18. The largest absolute Gasteiger partial charge is 0.504 e. The number of hydrogen-bond acceptors (Lipinski definition) is 5. The van der Waals surface area contributed by atoms with Crippen molar-refractivity contribution in [3.63, 3.8) is 0 Å². The fraction of sp³-hybridized carbons (Fsp3) is 0.125. The minimum Gasteiger partial charge on any atom is -0.504 e. The van der Waals surface area contributed by atoms with Crippen LogP contribution in [0.1, 0.15) is 15.9 Å². The molecular weight excluding hydrogens is 282 g/mol. The first kappa shape index (κ1) is 15.4. The average Bonchev–Trinajstić information content (AvgIpc) is 2.56. The van der Waals surface area contributed by atoms with Crippen LogP contribution in [-0.4, -0.2) is 31.4 Å². The summed E-state index contributed by atoms with van der Waals surface area (Å²) in [6, 6.07) is 11.9. The lowest BCUT2D eigenvalue weighted by atomic mass is 10.1. The van der Waals surface area contributed by atoms with Gasteiger partial charge in [0.2, 0.25) is 0 Å². The van der Waals surface area contributed by atoms with E-state index in [0.29, 0.717) is 16.9 Å². The van der Waals surface area contributed by atoms with Crippen LogP contribution in [0, 0.1) is 0 Å². The molecule has 0 atom stereocenters. The Hall–Kier alpha value is -3.02. The summed E-state index contributed by atoms with van der Waals surface area (Å²) in [5, 5.41) is 16.4. The Morgan fingerprint density at radius 3 is 2.77 bits per heavy atom. The number of nitrogens with zero attached hydrogens (tertiary/aromatic N) is 1. The summed E-state index contributed by atoms with van der Waals surface area (Å²) in [4.78, 5) is 12.1. The van der Waals surface area contributed by atoms with E-state index in [9.17, 15) is 9.90 Å². The molecule has 0 heterocycles. The summed E-state index contributed by atoms with van der Waals surface area (Å²) in [6.07, 6.45) is 1.47. The van der Waals surface area contributed by atoms with Gasteiger partial charge < -0.3 is 15.2 Å². The maximum Gasteiger partial charge on any atom is 0.273 e. The van der Waals surface area contributed by atoms with Crippen molar-refractivity contribution in [1.82, 2.24) is 5.43 Å². The number of carbonyl (C=O) groups excluding carboxylic acids is 1. The highest BCUT2D eigenvalue weighted by Crippen LogP contribution is 2.25. The van der Waals surface area contributed by atoms with Gasteiger partial charge in [0.05, 0.1) is 18.9 Å². The summed E-state index contributed by atoms with van der Waals surface area (Å²) in [5.41, 5.74) is 4.38. The van der Waals surface area contributed by atoms with Gasteiger partial charge in [-0.2, -0.15) is 5.10 Å². The Balaban J connectivity index is 2.07. The molecule has 0 aliphatic carbocycles. The first-order chi connectivity index (χ1) is 10.7. The number of para-hydroxylation sites is 1. The second-order valence-corrected chi connectivity index (χ2v) is 4.43. The van der Waals surface area contributed by atoms with Crippen molar-refractivity contribution in [1.29, 1.82) is 0 Å². The van der Waals surface area contributed by atoms with Gasteiger partial charge in [-0.25, -0.2) is 5.43 Å². The van der Waals surface area contributed by atoms with Gasteiger partial charge in [-0.1, -0.05) is 12.1 Å². The Labute approximate surface area is 128 Å². The van der Waals surface area contributed by atoms with Crippen LogP contribution in [0.5, 0.6) is 11.5 Å². The molecule has 1 amide bonds. The van der Waals surface area contributed by atoms with Crippen molar-refractivity contribution in [3.8, 4) is 11.5 Å². The molecule has 0 saturated carbocycles. The predicted octanol–water partition coefficient (Wildman–Crippen LogP) is 2.21. The van der Waals surface area contributed by atoms with E-state index in [1.165, 1.54) is 19.4 Å². The van der Waals surface area contributed by atoms with Crippen LogP contribution in [0.15, 0.2) is 47.6 Å². The molecule has 0 aliphatic heterocycles. The number of hydrogen-bond donors (Lipinski definition) is 3. The van der Waals surface area contributed by atoms with Crippen LogP contribution in [-0.2, 0) is 0 Å². The second kappa shape index (κ2) is 7.12. The molecule has 6 nitrogen and oxygen atoms in total. The fourth-order valence-electron chi connectivity index (χ4n) is 1.90. The monoisotopic (exact) mass is 299 g/mol. The summed E-state index contributed by atoms with van der Waals surface area (Å²) in [6.45, 7) is 0. The quantitative estimate of drug-likeness (QED) is 0.584. The number of phenolic OH excluding ortho intramolecular Hbond substituents is 1. The Morgan fingerprint density at radius 1 is 1.27 bits per heavy atom. The summed E-state index contributed by atoms with van der Waals surface area (Å²) >= 11 is 0. The van der Waals surface area contributed by atoms with Gasteiger partial charge in [0, 0.05) is 12.7 Å². The molecule has 0 fully saturated rings. The number of amides is 1. The van der Waals surface area contributed by atoms with E-state index in [2.05, 4.69) is 15.8 Å². The summed E-state index contributed by atoms with van der Waals surface area (Å²) in [7, 11) is 3.21. The number of methoxy groups -OCH3 is 1. The SMILES string of the molecule is CNc1ccccc1C(=O)N/N=C\c1ccc(O)c(OC)c1. The van der Waals surface area contributed by atoms with Crippen molar-refractivity contribution in [2.75, 3.05) is 19.5 Å². The number of rotatable bonds is 5. The summed E-state index contributed by atoms with van der Waals surface area (Å²) < 4.78 is 5.01. The highest BCUT2D eigenvalue weighted by atomic mass is 16.5. The third kappa shape index (κ3) is 3.54. The first-order valence-corrected chi connectivity index (χ1v) is 6.63. The molecule has 0 spiro atoms. The lowest BCUT2D eigenvalue weighted by molar-refractivity contribution is 0.0956.